The molecule has 0 aromatic heterocycles. The van der Waals surface area contributed by atoms with E-state index in [4.69, 9.17) is 23.2 Å². The molecule has 7 nitrogen and oxygen atoms in total. The fourth-order valence-electron chi connectivity index (χ4n) is 4.29. The molecule has 0 aliphatic carbocycles. The second-order valence-electron chi connectivity index (χ2n) is 9.13. The van der Waals surface area contributed by atoms with Crippen LogP contribution in [0.5, 0.6) is 0 Å². The van der Waals surface area contributed by atoms with Crippen LogP contribution in [0.15, 0.2) is 71.6 Å². The number of halogens is 2. The lowest BCUT2D eigenvalue weighted by molar-refractivity contribution is -0.140. The second-order valence-corrected chi connectivity index (χ2v) is 11.8. The van der Waals surface area contributed by atoms with Crippen molar-refractivity contribution in [3.8, 4) is 0 Å². The van der Waals surface area contributed by atoms with Crippen LogP contribution in [0.3, 0.4) is 0 Å². The van der Waals surface area contributed by atoms with Crippen LogP contribution in [0, 0.1) is 13.8 Å². The Morgan fingerprint density at radius 3 is 2.23 bits per heavy atom. The van der Waals surface area contributed by atoms with E-state index in [1.54, 1.807) is 62.4 Å². The van der Waals surface area contributed by atoms with Crippen LogP contribution in [-0.4, -0.2) is 44.3 Å². The van der Waals surface area contributed by atoms with Crippen LogP contribution in [0.25, 0.3) is 0 Å². The van der Waals surface area contributed by atoms with Crippen molar-refractivity contribution in [1.82, 2.24) is 10.2 Å². The van der Waals surface area contributed by atoms with Gasteiger partial charge in [-0.3, -0.25) is 13.9 Å². The predicted octanol–water partition coefficient (Wildman–Crippen LogP) is 5.75. The molecule has 2 amide bonds. The van der Waals surface area contributed by atoms with Gasteiger partial charge in [0.15, 0.2) is 0 Å². The third kappa shape index (κ3) is 7.12. The fourth-order valence-corrected chi connectivity index (χ4v) is 6.10. The van der Waals surface area contributed by atoms with Gasteiger partial charge in [0.05, 0.1) is 20.6 Å². The third-order valence-electron chi connectivity index (χ3n) is 6.53. The predicted molar refractivity (Wildman–Crippen MR) is 157 cm³/mol. The highest BCUT2D eigenvalue weighted by Gasteiger charge is 2.34. The molecule has 0 spiro atoms. The van der Waals surface area contributed by atoms with E-state index in [1.807, 2.05) is 19.9 Å². The first-order chi connectivity index (χ1) is 18.5. The lowest BCUT2D eigenvalue weighted by Crippen LogP contribution is -2.52. The Balaban J connectivity index is 2.10. The monoisotopic (exact) mass is 589 g/mol. The van der Waals surface area contributed by atoms with Gasteiger partial charge in [0.2, 0.25) is 11.8 Å². The van der Waals surface area contributed by atoms with Crippen LogP contribution in [-0.2, 0) is 26.2 Å². The normalized spacial score (nSPS) is 12.1. The maximum absolute atomic E-state index is 14.0. The van der Waals surface area contributed by atoms with E-state index < -0.39 is 28.5 Å². The number of hydrogen-bond donors (Lipinski definition) is 1. The minimum absolute atomic E-state index is 0.0391. The van der Waals surface area contributed by atoms with Gasteiger partial charge in [-0.05, 0) is 74.2 Å². The molecular weight excluding hydrogens is 557 g/mol. The molecule has 3 rings (SSSR count). The van der Waals surface area contributed by atoms with Crippen molar-refractivity contribution in [2.24, 2.45) is 0 Å². The summed E-state index contributed by atoms with van der Waals surface area (Å²) in [5.74, 6) is -0.850. The highest BCUT2D eigenvalue weighted by molar-refractivity contribution is 7.92. The zero-order valence-electron chi connectivity index (χ0n) is 22.4. The van der Waals surface area contributed by atoms with E-state index >= 15 is 0 Å². The Bertz CT molecular complexity index is 1430. The molecular formula is C29H33Cl2N3O4S. The van der Waals surface area contributed by atoms with Gasteiger partial charge in [0.1, 0.15) is 12.6 Å². The van der Waals surface area contributed by atoms with Gasteiger partial charge in [-0.25, -0.2) is 8.42 Å². The standard InChI is InChI=1S/C29H33Cl2N3O4S/c1-5-26(29(36)32-6-2)33(18-22-15-16-24(30)25(31)17-22)28(35)19-34(27-14-10-11-20(3)21(27)4)39(37,38)23-12-8-7-9-13-23/h7-17,26H,5-6,18-19H2,1-4H3,(H,32,36). The van der Waals surface area contributed by atoms with E-state index in [1.165, 1.54) is 17.0 Å². The highest BCUT2D eigenvalue weighted by atomic mass is 35.5. The molecule has 3 aromatic rings. The number of likely N-dealkylation sites (N-methyl/N-ethyl adjacent to an activating group) is 1. The van der Waals surface area contributed by atoms with Crippen molar-refractivity contribution in [2.45, 2.75) is 51.6 Å². The first-order valence-corrected chi connectivity index (χ1v) is 14.9. The summed E-state index contributed by atoms with van der Waals surface area (Å²) in [4.78, 5) is 28.5. The van der Waals surface area contributed by atoms with Crippen LogP contribution >= 0.6 is 23.2 Å². The molecule has 0 aliphatic rings. The lowest BCUT2D eigenvalue weighted by atomic mass is 10.1. The molecule has 0 fully saturated rings. The highest BCUT2D eigenvalue weighted by Crippen LogP contribution is 2.29. The fraction of sp³-hybridized carbons (Fsp3) is 0.310. The molecule has 1 N–H and O–H groups in total. The minimum Gasteiger partial charge on any atom is -0.355 e. The summed E-state index contributed by atoms with van der Waals surface area (Å²) in [6.07, 6.45) is 0.327. The zero-order chi connectivity index (χ0) is 28.7. The Labute approximate surface area is 240 Å². The molecule has 208 valence electrons. The van der Waals surface area contributed by atoms with Crippen LogP contribution < -0.4 is 9.62 Å². The molecule has 39 heavy (non-hydrogen) atoms. The number of nitrogens with zero attached hydrogens (tertiary/aromatic N) is 2. The number of aryl methyl sites for hydroxylation is 1. The number of amides is 2. The summed E-state index contributed by atoms with van der Waals surface area (Å²) >= 11 is 12.3. The van der Waals surface area contributed by atoms with Crippen molar-refractivity contribution >= 4 is 50.7 Å². The Kier molecular flexibility index (Phi) is 10.4. The number of carbonyl (C=O) groups excluding carboxylic acids is 2. The molecule has 0 radical (unpaired) electrons. The first-order valence-electron chi connectivity index (χ1n) is 12.7. The van der Waals surface area contributed by atoms with E-state index in [2.05, 4.69) is 5.32 Å². The maximum Gasteiger partial charge on any atom is 0.264 e. The molecule has 0 bridgehead atoms. The Hall–Kier alpha value is -3.07. The SMILES string of the molecule is CCNC(=O)C(CC)N(Cc1ccc(Cl)c(Cl)c1)C(=O)CN(c1cccc(C)c1C)S(=O)(=O)c1ccccc1. The first kappa shape index (κ1) is 30.5. The van der Waals surface area contributed by atoms with Gasteiger partial charge in [-0.1, -0.05) is 66.5 Å². The Morgan fingerprint density at radius 2 is 1.62 bits per heavy atom. The largest absolute Gasteiger partial charge is 0.355 e. The minimum atomic E-state index is -4.12. The summed E-state index contributed by atoms with van der Waals surface area (Å²) in [5, 5.41) is 3.46. The van der Waals surface area contributed by atoms with E-state index in [0.717, 1.165) is 15.4 Å². The van der Waals surface area contributed by atoms with Crippen molar-refractivity contribution in [1.29, 1.82) is 0 Å². The number of nitrogens with one attached hydrogen (secondary N) is 1. The number of carbonyl (C=O) groups is 2. The van der Waals surface area contributed by atoms with Crippen molar-refractivity contribution in [3.63, 3.8) is 0 Å². The third-order valence-corrected chi connectivity index (χ3v) is 9.04. The van der Waals surface area contributed by atoms with Crippen LogP contribution in [0.4, 0.5) is 5.69 Å². The molecule has 3 aromatic carbocycles. The number of rotatable bonds is 11. The smallest absolute Gasteiger partial charge is 0.264 e. The van der Waals surface area contributed by atoms with Gasteiger partial charge >= 0.3 is 0 Å². The van der Waals surface area contributed by atoms with Crippen molar-refractivity contribution in [2.75, 3.05) is 17.4 Å². The second kappa shape index (κ2) is 13.3. The van der Waals surface area contributed by atoms with E-state index in [0.29, 0.717) is 34.3 Å². The molecule has 0 saturated carbocycles. The van der Waals surface area contributed by atoms with Gasteiger partial charge in [0.25, 0.3) is 10.0 Å². The summed E-state index contributed by atoms with van der Waals surface area (Å²) in [7, 11) is -4.12. The maximum atomic E-state index is 14.0. The summed E-state index contributed by atoms with van der Waals surface area (Å²) in [5.41, 5.74) is 2.67. The average molecular weight is 591 g/mol. The van der Waals surface area contributed by atoms with Gasteiger partial charge in [0, 0.05) is 13.1 Å². The zero-order valence-corrected chi connectivity index (χ0v) is 24.8. The van der Waals surface area contributed by atoms with Crippen LogP contribution in [0.1, 0.15) is 37.0 Å². The molecule has 0 heterocycles. The molecule has 1 unspecified atom stereocenters. The summed E-state index contributed by atoms with van der Waals surface area (Å²) < 4.78 is 29.0. The van der Waals surface area contributed by atoms with Gasteiger partial charge < -0.3 is 10.2 Å². The van der Waals surface area contributed by atoms with Gasteiger partial charge in [-0.15, -0.1) is 0 Å². The number of sulfonamides is 1. The molecule has 0 aliphatic heterocycles. The topological polar surface area (TPSA) is 86.8 Å². The van der Waals surface area contributed by atoms with E-state index in [-0.39, 0.29) is 17.3 Å². The molecule has 1 atom stereocenters. The average Bonchev–Trinajstić information content (AvgIpc) is 2.91. The summed E-state index contributed by atoms with van der Waals surface area (Å²) in [6.45, 7) is 7.23. The van der Waals surface area contributed by atoms with Crippen molar-refractivity contribution < 1.29 is 18.0 Å². The van der Waals surface area contributed by atoms with Gasteiger partial charge in [-0.2, -0.15) is 0 Å². The summed E-state index contributed by atoms with van der Waals surface area (Å²) in [6, 6.07) is 17.5. The quantitative estimate of drug-likeness (QED) is 0.308. The van der Waals surface area contributed by atoms with Crippen LogP contribution in [0.2, 0.25) is 10.0 Å². The number of anilines is 1. The van der Waals surface area contributed by atoms with E-state index in [9.17, 15) is 18.0 Å². The Morgan fingerprint density at radius 1 is 0.923 bits per heavy atom. The van der Waals surface area contributed by atoms with Crippen molar-refractivity contribution in [3.05, 3.63) is 93.5 Å². The molecule has 0 saturated heterocycles. The molecule has 10 heteroatoms. The number of hydrogen-bond acceptors (Lipinski definition) is 4. The number of benzene rings is 3. The lowest BCUT2D eigenvalue weighted by Gasteiger charge is -2.33.